The Morgan fingerprint density at radius 3 is 2.57 bits per heavy atom. The van der Waals surface area contributed by atoms with Crippen molar-refractivity contribution in [2.75, 3.05) is 18.5 Å². The van der Waals surface area contributed by atoms with Crippen LogP contribution in [-0.4, -0.2) is 28.2 Å². The largest absolute Gasteiger partial charge is 0.491 e. The highest BCUT2D eigenvalue weighted by atomic mass is 35.5. The van der Waals surface area contributed by atoms with Gasteiger partial charge in [0.1, 0.15) is 0 Å². The third-order valence-corrected chi connectivity index (χ3v) is 2.52. The van der Waals surface area contributed by atoms with Crippen molar-refractivity contribution in [3.05, 3.63) is 29.3 Å². The lowest BCUT2D eigenvalue weighted by molar-refractivity contribution is 0.312. The fourth-order valence-electron chi connectivity index (χ4n) is 1.56. The number of rotatable bonds is 6. The first-order valence-corrected chi connectivity index (χ1v) is 6.74. The molecule has 1 heterocycles. The molecule has 0 aliphatic heterocycles. The summed E-state index contributed by atoms with van der Waals surface area (Å²) in [6.07, 6.45) is 0. The van der Waals surface area contributed by atoms with Crippen LogP contribution in [0, 0.1) is 5.82 Å². The van der Waals surface area contributed by atoms with E-state index in [-0.39, 0.29) is 23.0 Å². The third-order valence-electron chi connectivity index (χ3n) is 2.35. The van der Waals surface area contributed by atoms with Crippen molar-refractivity contribution in [1.29, 1.82) is 0 Å². The maximum atomic E-state index is 13.8. The van der Waals surface area contributed by atoms with Gasteiger partial charge in [-0.25, -0.2) is 4.39 Å². The van der Waals surface area contributed by atoms with Crippen LogP contribution in [0.5, 0.6) is 11.8 Å². The van der Waals surface area contributed by atoms with Crippen molar-refractivity contribution in [3.63, 3.8) is 0 Å². The Morgan fingerprint density at radius 1 is 1.14 bits per heavy atom. The van der Waals surface area contributed by atoms with Crippen LogP contribution in [0.15, 0.2) is 18.2 Å². The third kappa shape index (κ3) is 4.16. The number of anilines is 2. The van der Waals surface area contributed by atoms with Gasteiger partial charge in [0.2, 0.25) is 11.2 Å². The van der Waals surface area contributed by atoms with Crippen LogP contribution in [0.25, 0.3) is 0 Å². The van der Waals surface area contributed by atoms with E-state index < -0.39 is 5.82 Å². The zero-order valence-corrected chi connectivity index (χ0v) is 12.3. The Balaban J connectivity index is 2.19. The summed E-state index contributed by atoms with van der Waals surface area (Å²) in [5.74, 6) is -0.124. The van der Waals surface area contributed by atoms with Crippen molar-refractivity contribution in [1.82, 2.24) is 15.0 Å². The average Bonchev–Trinajstić information content (AvgIpc) is 2.42. The Hall–Kier alpha value is -2.15. The maximum absolute atomic E-state index is 13.8. The molecule has 0 saturated heterocycles. The van der Waals surface area contributed by atoms with Crippen LogP contribution >= 0.6 is 11.6 Å². The highest BCUT2D eigenvalue weighted by Crippen LogP contribution is 2.23. The molecule has 2 aromatic rings. The standard InChI is InChI=1S/C13H14ClFN4O2/c1-3-20-10-6-5-8(7-9(10)15)16-12-17-11(14)18-13(19-12)21-4-2/h5-7H,3-4H2,1-2H3,(H,16,17,18,19). The van der Waals surface area contributed by atoms with Gasteiger partial charge in [-0.15, -0.1) is 0 Å². The van der Waals surface area contributed by atoms with Crippen LogP contribution in [0.2, 0.25) is 5.28 Å². The number of nitrogens with one attached hydrogen (secondary N) is 1. The van der Waals surface area contributed by atoms with E-state index >= 15 is 0 Å². The quantitative estimate of drug-likeness (QED) is 0.883. The lowest BCUT2D eigenvalue weighted by Crippen LogP contribution is -2.04. The number of nitrogens with zero attached hydrogens (tertiary/aromatic N) is 3. The molecule has 0 bridgehead atoms. The van der Waals surface area contributed by atoms with E-state index in [2.05, 4.69) is 20.3 Å². The van der Waals surface area contributed by atoms with Gasteiger partial charge in [0.25, 0.3) is 0 Å². The van der Waals surface area contributed by atoms with Crippen LogP contribution in [-0.2, 0) is 0 Å². The molecule has 0 aliphatic rings. The number of hydrogen-bond acceptors (Lipinski definition) is 6. The van der Waals surface area contributed by atoms with Crippen LogP contribution in [0.4, 0.5) is 16.0 Å². The minimum Gasteiger partial charge on any atom is -0.491 e. The minimum atomic E-state index is -0.480. The zero-order valence-electron chi connectivity index (χ0n) is 11.6. The zero-order chi connectivity index (χ0) is 15.2. The molecule has 0 atom stereocenters. The maximum Gasteiger partial charge on any atom is 0.322 e. The highest BCUT2D eigenvalue weighted by Gasteiger charge is 2.08. The van der Waals surface area contributed by atoms with Gasteiger partial charge in [-0.3, -0.25) is 0 Å². The van der Waals surface area contributed by atoms with Crippen LogP contribution in [0.1, 0.15) is 13.8 Å². The summed E-state index contributed by atoms with van der Waals surface area (Å²) in [6.45, 7) is 4.38. The smallest absolute Gasteiger partial charge is 0.322 e. The molecule has 0 unspecified atom stereocenters. The molecule has 112 valence electrons. The molecule has 0 saturated carbocycles. The van der Waals surface area contributed by atoms with E-state index in [4.69, 9.17) is 21.1 Å². The predicted octanol–water partition coefficient (Wildman–Crippen LogP) is 3.21. The van der Waals surface area contributed by atoms with Gasteiger partial charge in [-0.2, -0.15) is 15.0 Å². The van der Waals surface area contributed by atoms with Crippen molar-refractivity contribution in [2.24, 2.45) is 0 Å². The summed E-state index contributed by atoms with van der Waals surface area (Å²) < 4.78 is 24.0. The van der Waals surface area contributed by atoms with Gasteiger partial charge in [0.15, 0.2) is 11.6 Å². The lowest BCUT2D eigenvalue weighted by atomic mass is 10.3. The van der Waals surface area contributed by atoms with E-state index in [1.54, 1.807) is 19.9 Å². The van der Waals surface area contributed by atoms with Crippen molar-refractivity contribution in [3.8, 4) is 11.8 Å². The number of ether oxygens (including phenoxy) is 2. The highest BCUT2D eigenvalue weighted by molar-refractivity contribution is 6.28. The molecule has 2 rings (SSSR count). The number of aromatic nitrogens is 3. The Kier molecular flexibility index (Phi) is 5.10. The van der Waals surface area contributed by atoms with Gasteiger partial charge in [0, 0.05) is 11.8 Å². The van der Waals surface area contributed by atoms with Gasteiger partial charge < -0.3 is 14.8 Å². The predicted molar refractivity (Wildman–Crippen MR) is 76.9 cm³/mol. The second-order valence-electron chi connectivity index (χ2n) is 3.85. The van der Waals surface area contributed by atoms with Gasteiger partial charge in [-0.1, -0.05) is 0 Å². The Bertz CT molecular complexity index is 627. The molecule has 0 radical (unpaired) electrons. The van der Waals surface area contributed by atoms with E-state index in [0.717, 1.165) is 0 Å². The summed E-state index contributed by atoms with van der Waals surface area (Å²) >= 11 is 5.77. The van der Waals surface area contributed by atoms with Crippen LogP contribution in [0.3, 0.4) is 0 Å². The molecule has 0 amide bonds. The fraction of sp³-hybridized carbons (Fsp3) is 0.308. The normalized spacial score (nSPS) is 10.3. The van der Waals surface area contributed by atoms with Crippen molar-refractivity contribution >= 4 is 23.2 Å². The number of benzene rings is 1. The van der Waals surface area contributed by atoms with Crippen molar-refractivity contribution in [2.45, 2.75) is 13.8 Å². The first-order valence-electron chi connectivity index (χ1n) is 6.36. The second-order valence-corrected chi connectivity index (χ2v) is 4.18. The Morgan fingerprint density at radius 2 is 1.90 bits per heavy atom. The molecule has 8 heteroatoms. The summed E-state index contributed by atoms with van der Waals surface area (Å²) in [4.78, 5) is 11.7. The first-order chi connectivity index (χ1) is 10.1. The van der Waals surface area contributed by atoms with E-state index in [9.17, 15) is 4.39 Å². The van der Waals surface area contributed by atoms with Gasteiger partial charge in [0.05, 0.1) is 13.2 Å². The van der Waals surface area contributed by atoms with Crippen molar-refractivity contribution < 1.29 is 13.9 Å². The van der Waals surface area contributed by atoms with Gasteiger partial charge >= 0.3 is 6.01 Å². The number of halogens is 2. The first kappa shape index (κ1) is 15.2. The monoisotopic (exact) mass is 312 g/mol. The fourth-order valence-corrected chi connectivity index (χ4v) is 1.71. The summed E-state index contributed by atoms with van der Waals surface area (Å²) in [5.41, 5.74) is 0.459. The minimum absolute atomic E-state index is 0.0117. The lowest BCUT2D eigenvalue weighted by Gasteiger charge is -2.09. The molecule has 21 heavy (non-hydrogen) atoms. The SMILES string of the molecule is CCOc1nc(Cl)nc(Nc2ccc(OCC)c(F)c2)n1. The molecular formula is C13H14ClFN4O2. The molecular weight excluding hydrogens is 299 g/mol. The molecule has 6 nitrogen and oxygen atoms in total. The molecule has 1 aromatic heterocycles. The molecule has 0 fully saturated rings. The molecule has 1 N–H and O–H groups in total. The molecule has 0 aliphatic carbocycles. The van der Waals surface area contributed by atoms with Crippen LogP contribution < -0.4 is 14.8 Å². The summed E-state index contributed by atoms with van der Waals surface area (Å²) in [7, 11) is 0. The van der Waals surface area contributed by atoms with E-state index in [1.807, 2.05) is 0 Å². The van der Waals surface area contributed by atoms with E-state index in [0.29, 0.717) is 18.9 Å². The summed E-state index contributed by atoms with van der Waals surface area (Å²) in [5, 5.41) is 2.82. The topological polar surface area (TPSA) is 69.2 Å². The van der Waals surface area contributed by atoms with E-state index in [1.165, 1.54) is 12.1 Å². The second kappa shape index (κ2) is 7.03. The van der Waals surface area contributed by atoms with Gasteiger partial charge in [-0.05, 0) is 37.6 Å². The summed E-state index contributed by atoms with van der Waals surface area (Å²) in [6, 6.07) is 4.55. The molecule has 0 spiro atoms. The molecule has 1 aromatic carbocycles. The number of hydrogen-bond donors (Lipinski definition) is 1. The average molecular weight is 313 g/mol. The Labute approximate surface area is 126 Å².